The van der Waals surface area contributed by atoms with Crippen LogP contribution in [0.4, 0.5) is 0 Å². The molecular weight excluding hydrogens is 196 g/mol. The van der Waals surface area contributed by atoms with Gasteiger partial charge in [-0.15, -0.1) is 0 Å². The first-order chi connectivity index (χ1) is 7.76. The van der Waals surface area contributed by atoms with Crippen molar-refractivity contribution < 1.29 is 0 Å². The van der Waals surface area contributed by atoms with Gasteiger partial charge in [-0.3, -0.25) is 4.90 Å². The molecule has 0 saturated heterocycles. The maximum Gasteiger partial charge on any atom is 0.0475 e. The van der Waals surface area contributed by atoms with Crippen LogP contribution in [0.15, 0.2) is 18.2 Å². The Morgan fingerprint density at radius 3 is 2.75 bits per heavy atom. The van der Waals surface area contributed by atoms with Crippen molar-refractivity contribution in [3.63, 3.8) is 0 Å². The van der Waals surface area contributed by atoms with Crippen molar-refractivity contribution in [1.29, 1.82) is 0 Å². The zero-order valence-corrected chi connectivity index (χ0v) is 10.6. The van der Waals surface area contributed by atoms with E-state index >= 15 is 0 Å². The molecule has 1 atom stereocenters. The monoisotopic (exact) mass is 218 g/mol. The smallest absolute Gasteiger partial charge is 0.0475 e. The molecule has 0 aliphatic carbocycles. The summed E-state index contributed by atoms with van der Waals surface area (Å²) in [5, 5.41) is 3.52. The van der Waals surface area contributed by atoms with Crippen molar-refractivity contribution in [2.75, 3.05) is 19.6 Å². The summed E-state index contributed by atoms with van der Waals surface area (Å²) < 4.78 is 0. The second kappa shape index (κ2) is 4.98. The molecule has 88 valence electrons. The molecule has 1 aromatic carbocycles. The molecule has 0 saturated carbocycles. The highest BCUT2D eigenvalue weighted by molar-refractivity contribution is 5.35. The molecule has 2 nitrogen and oxygen atoms in total. The number of likely N-dealkylation sites (N-methyl/N-ethyl adjacent to an activating group) is 1. The van der Waals surface area contributed by atoms with Gasteiger partial charge >= 0.3 is 0 Å². The Hall–Kier alpha value is -0.860. The molecule has 2 rings (SSSR count). The minimum atomic E-state index is 0.554. The first-order valence-electron chi connectivity index (χ1n) is 6.30. The zero-order chi connectivity index (χ0) is 11.5. The van der Waals surface area contributed by atoms with E-state index in [2.05, 4.69) is 49.2 Å². The molecule has 0 bridgehead atoms. The van der Waals surface area contributed by atoms with Gasteiger partial charge in [-0.2, -0.15) is 0 Å². The van der Waals surface area contributed by atoms with Crippen LogP contribution in [0.2, 0.25) is 0 Å². The molecule has 0 fully saturated rings. The predicted molar refractivity (Wildman–Crippen MR) is 68.5 cm³/mol. The van der Waals surface area contributed by atoms with Crippen LogP contribution in [-0.2, 0) is 6.54 Å². The minimum Gasteiger partial charge on any atom is -0.311 e. The van der Waals surface area contributed by atoms with E-state index < -0.39 is 0 Å². The van der Waals surface area contributed by atoms with Gasteiger partial charge in [0.15, 0.2) is 0 Å². The van der Waals surface area contributed by atoms with Crippen molar-refractivity contribution in [3.8, 4) is 0 Å². The van der Waals surface area contributed by atoms with E-state index in [-0.39, 0.29) is 0 Å². The third-order valence-corrected chi connectivity index (χ3v) is 3.57. The van der Waals surface area contributed by atoms with Crippen LogP contribution in [0.25, 0.3) is 0 Å². The lowest BCUT2D eigenvalue weighted by Gasteiger charge is -2.35. The molecule has 0 unspecified atom stereocenters. The zero-order valence-electron chi connectivity index (χ0n) is 10.6. The Kier molecular flexibility index (Phi) is 3.62. The normalized spacial score (nSPS) is 19.9. The summed E-state index contributed by atoms with van der Waals surface area (Å²) in [4.78, 5) is 2.53. The van der Waals surface area contributed by atoms with Crippen LogP contribution in [0.5, 0.6) is 0 Å². The molecule has 1 aliphatic rings. The molecule has 0 radical (unpaired) electrons. The van der Waals surface area contributed by atoms with Crippen LogP contribution < -0.4 is 5.32 Å². The molecule has 0 aromatic heterocycles. The van der Waals surface area contributed by atoms with Gasteiger partial charge in [0.25, 0.3) is 0 Å². The number of rotatable bonds is 3. The standard InChI is InChI=1S/C14H22N2/c1-4-16(5-2)14-10-15-9-12-7-6-11(3)8-13(12)14/h6-8,14-15H,4-5,9-10H2,1-3H3/t14-/m1/s1. The van der Waals surface area contributed by atoms with Gasteiger partial charge in [-0.05, 0) is 31.1 Å². The largest absolute Gasteiger partial charge is 0.311 e. The molecule has 1 heterocycles. The highest BCUT2D eigenvalue weighted by atomic mass is 15.2. The van der Waals surface area contributed by atoms with Gasteiger partial charge in [0.05, 0.1) is 0 Å². The van der Waals surface area contributed by atoms with E-state index in [1.807, 2.05) is 0 Å². The second-order valence-corrected chi connectivity index (χ2v) is 4.57. The quantitative estimate of drug-likeness (QED) is 0.838. The highest BCUT2D eigenvalue weighted by Crippen LogP contribution is 2.27. The lowest BCUT2D eigenvalue weighted by molar-refractivity contribution is 0.204. The van der Waals surface area contributed by atoms with Crippen molar-refractivity contribution in [2.45, 2.75) is 33.4 Å². The minimum absolute atomic E-state index is 0.554. The van der Waals surface area contributed by atoms with Crippen molar-refractivity contribution in [3.05, 3.63) is 34.9 Å². The number of nitrogens with zero attached hydrogens (tertiary/aromatic N) is 1. The molecule has 1 N–H and O–H groups in total. The van der Waals surface area contributed by atoms with Crippen molar-refractivity contribution in [2.24, 2.45) is 0 Å². The van der Waals surface area contributed by atoms with Gasteiger partial charge in [0.1, 0.15) is 0 Å². The lowest BCUT2D eigenvalue weighted by atomic mass is 9.94. The lowest BCUT2D eigenvalue weighted by Crippen LogP contribution is -2.39. The van der Waals surface area contributed by atoms with Crippen LogP contribution >= 0.6 is 0 Å². The molecule has 2 heteroatoms. The Morgan fingerprint density at radius 2 is 2.06 bits per heavy atom. The van der Waals surface area contributed by atoms with E-state index in [0.29, 0.717) is 6.04 Å². The van der Waals surface area contributed by atoms with Gasteiger partial charge in [0.2, 0.25) is 0 Å². The van der Waals surface area contributed by atoms with Crippen LogP contribution in [-0.4, -0.2) is 24.5 Å². The fourth-order valence-corrected chi connectivity index (χ4v) is 2.63. The first kappa shape index (κ1) is 11.6. The summed E-state index contributed by atoms with van der Waals surface area (Å²) in [5.41, 5.74) is 4.37. The van der Waals surface area contributed by atoms with Crippen LogP contribution in [0, 0.1) is 6.92 Å². The summed E-state index contributed by atoms with van der Waals surface area (Å²) in [6, 6.07) is 7.40. The summed E-state index contributed by atoms with van der Waals surface area (Å²) >= 11 is 0. The van der Waals surface area contributed by atoms with E-state index in [1.165, 1.54) is 16.7 Å². The number of nitrogens with one attached hydrogen (secondary N) is 1. The predicted octanol–water partition coefficient (Wildman–Crippen LogP) is 2.48. The number of hydrogen-bond donors (Lipinski definition) is 1. The fourth-order valence-electron chi connectivity index (χ4n) is 2.63. The summed E-state index contributed by atoms with van der Waals surface area (Å²) in [6.07, 6.45) is 0. The maximum absolute atomic E-state index is 3.52. The average molecular weight is 218 g/mol. The average Bonchev–Trinajstić information content (AvgIpc) is 2.31. The molecule has 1 aliphatic heterocycles. The van der Waals surface area contributed by atoms with Crippen molar-refractivity contribution in [1.82, 2.24) is 10.2 Å². The Balaban J connectivity index is 2.34. The Bertz CT molecular complexity index is 356. The number of benzene rings is 1. The third kappa shape index (κ3) is 2.13. The molecule has 16 heavy (non-hydrogen) atoms. The Labute approximate surface area is 98.7 Å². The highest BCUT2D eigenvalue weighted by Gasteiger charge is 2.23. The Morgan fingerprint density at radius 1 is 1.31 bits per heavy atom. The van der Waals surface area contributed by atoms with E-state index in [0.717, 1.165) is 26.2 Å². The van der Waals surface area contributed by atoms with Gasteiger partial charge in [-0.1, -0.05) is 37.6 Å². The summed E-state index contributed by atoms with van der Waals surface area (Å²) in [5.74, 6) is 0. The number of aryl methyl sites for hydroxylation is 1. The third-order valence-electron chi connectivity index (χ3n) is 3.57. The van der Waals surface area contributed by atoms with E-state index in [4.69, 9.17) is 0 Å². The topological polar surface area (TPSA) is 15.3 Å². The maximum atomic E-state index is 3.52. The molecule has 0 spiro atoms. The van der Waals surface area contributed by atoms with Gasteiger partial charge in [0, 0.05) is 19.1 Å². The molecule has 1 aromatic rings. The summed E-state index contributed by atoms with van der Waals surface area (Å²) in [7, 11) is 0. The van der Waals surface area contributed by atoms with E-state index in [9.17, 15) is 0 Å². The van der Waals surface area contributed by atoms with Crippen LogP contribution in [0.1, 0.15) is 36.6 Å². The SMILES string of the molecule is CCN(CC)[C@@H]1CNCc2ccc(C)cc21. The number of fused-ring (bicyclic) bond motifs is 1. The fraction of sp³-hybridized carbons (Fsp3) is 0.571. The summed E-state index contributed by atoms with van der Waals surface area (Å²) in [6.45, 7) is 11.0. The van der Waals surface area contributed by atoms with Crippen molar-refractivity contribution >= 4 is 0 Å². The van der Waals surface area contributed by atoms with Gasteiger partial charge < -0.3 is 5.32 Å². The molecule has 0 amide bonds. The van der Waals surface area contributed by atoms with Gasteiger partial charge in [-0.25, -0.2) is 0 Å². The first-order valence-corrected chi connectivity index (χ1v) is 6.30. The number of hydrogen-bond acceptors (Lipinski definition) is 2. The van der Waals surface area contributed by atoms with Crippen LogP contribution in [0.3, 0.4) is 0 Å². The molecular formula is C14H22N2. The second-order valence-electron chi connectivity index (χ2n) is 4.57. The van der Waals surface area contributed by atoms with E-state index in [1.54, 1.807) is 0 Å².